The van der Waals surface area contributed by atoms with E-state index < -0.39 is 0 Å². The van der Waals surface area contributed by atoms with Crippen molar-refractivity contribution in [3.05, 3.63) is 29.8 Å². The van der Waals surface area contributed by atoms with E-state index in [4.69, 9.17) is 0 Å². The lowest BCUT2D eigenvalue weighted by Crippen LogP contribution is -2.31. The van der Waals surface area contributed by atoms with Crippen LogP contribution in [-0.2, 0) is 4.79 Å². The maximum Gasteiger partial charge on any atom is 0.226 e. The van der Waals surface area contributed by atoms with Gasteiger partial charge in [0.1, 0.15) is 0 Å². The van der Waals surface area contributed by atoms with Gasteiger partial charge in [-0.05, 0) is 37.8 Å². The Morgan fingerprint density at radius 1 is 1.20 bits per heavy atom. The molecule has 2 heteroatoms. The molecule has 0 bridgehead atoms. The number of nitrogens with zero attached hydrogens (tertiary/aromatic N) is 1. The number of hydrogen-bond acceptors (Lipinski definition) is 1. The van der Waals surface area contributed by atoms with Crippen molar-refractivity contribution in [1.29, 1.82) is 0 Å². The van der Waals surface area contributed by atoms with E-state index in [1.54, 1.807) is 0 Å². The van der Waals surface area contributed by atoms with Gasteiger partial charge in [-0.15, -0.1) is 0 Å². The molecule has 0 radical (unpaired) electrons. The minimum atomic E-state index is 0.285. The van der Waals surface area contributed by atoms with E-state index in [0.717, 1.165) is 24.6 Å². The van der Waals surface area contributed by atoms with Gasteiger partial charge < -0.3 is 4.90 Å². The zero-order chi connectivity index (χ0) is 14.4. The molecule has 2 nitrogen and oxygen atoms in total. The van der Waals surface area contributed by atoms with Gasteiger partial charge >= 0.3 is 0 Å². The van der Waals surface area contributed by atoms with Crippen LogP contribution in [0.1, 0.15) is 57.4 Å². The van der Waals surface area contributed by atoms with E-state index in [1.807, 2.05) is 17.0 Å². The molecule has 1 saturated carbocycles. The van der Waals surface area contributed by atoms with E-state index in [-0.39, 0.29) is 5.91 Å². The summed E-state index contributed by atoms with van der Waals surface area (Å²) in [5, 5.41) is 0. The predicted molar refractivity (Wildman–Crippen MR) is 85.0 cm³/mol. The molecule has 110 valence electrons. The van der Waals surface area contributed by atoms with Gasteiger partial charge in [-0.2, -0.15) is 0 Å². The third-order valence-electron chi connectivity index (χ3n) is 4.51. The van der Waals surface area contributed by atoms with E-state index in [0.29, 0.717) is 6.42 Å². The molecule has 0 unspecified atom stereocenters. The summed E-state index contributed by atoms with van der Waals surface area (Å²) < 4.78 is 0. The Balaban J connectivity index is 1.93. The molecule has 0 heterocycles. The largest absolute Gasteiger partial charge is 0.312 e. The van der Waals surface area contributed by atoms with Crippen molar-refractivity contribution in [3.63, 3.8) is 0 Å². The van der Waals surface area contributed by atoms with Gasteiger partial charge in [0, 0.05) is 18.7 Å². The van der Waals surface area contributed by atoms with Gasteiger partial charge in [0.25, 0.3) is 0 Å². The molecular weight excluding hydrogens is 246 g/mol. The number of benzene rings is 1. The Hall–Kier alpha value is -1.31. The SMILES string of the molecule is CCN(C(=O)CCC1CCCCC1)c1ccccc1C. The first-order valence-electron chi connectivity index (χ1n) is 8.08. The number of carbonyl (C=O) groups is 1. The molecule has 1 amide bonds. The Morgan fingerprint density at radius 3 is 2.55 bits per heavy atom. The Kier molecular flexibility index (Phi) is 5.63. The van der Waals surface area contributed by atoms with Crippen LogP contribution in [0.4, 0.5) is 5.69 Å². The molecule has 0 atom stereocenters. The third-order valence-corrected chi connectivity index (χ3v) is 4.51. The fourth-order valence-corrected chi connectivity index (χ4v) is 3.29. The fourth-order valence-electron chi connectivity index (χ4n) is 3.29. The van der Waals surface area contributed by atoms with Gasteiger partial charge in [-0.1, -0.05) is 50.3 Å². The molecule has 2 rings (SSSR count). The first kappa shape index (κ1) is 15.1. The van der Waals surface area contributed by atoms with Crippen LogP contribution in [-0.4, -0.2) is 12.5 Å². The van der Waals surface area contributed by atoms with Gasteiger partial charge in [0.2, 0.25) is 5.91 Å². The zero-order valence-corrected chi connectivity index (χ0v) is 12.9. The van der Waals surface area contributed by atoms with Gasteiger partial charge in [-0.25, -0.2) is 0 Å². The van der Waals surface area contributed by atoms with Crippen LogP contribution >= 0.6 is 0 Å². The van der Waals surface area contributed by atoms with Crippen LogP contribution in [0.15, 0.2) is 24.3 Å². The van der Waals surface area contributed by atoms with E-state index >= 15 is 0 Å². The molecule has 20 heavy (non-hydrogen) atoms. The van der Waals surface area contributed by atoms with Crippen molar-refractivity contribution < 1.29 is 4.79 Å². The summed E-state index contributed by atoms with van der Waals surface area (Å²) in [6.07, 6.45) is 8.51. The average molecular weight is 273 g/mol. The number of amides is 1. The lowest BCUT2D eigenvalue weighted by Gasteiger charge is -2.25. The van der Waals surface area contributed by atoms with E-state index in [9.17, 15) is 4.79 Å². The molecule has 1 aromatic carbocycles. The number of anilines is 1. The zero-order valence-electron chi connectivity index (χ0n) is 12.9. The van der Waals surface area contributed by atoms with Crippen molar-refractivity contribution in [2.45, 2.75) is 58.8 Å². The van der Waals surface area contributed by atoms with Crippen molar-refractivity contribution in [3.8, 4) is 0 Å². The summed E-state index contributed by atoms with van der Waals surface area (Å²) in [7, 11) is 0. The fraction of sp³-hybridized carbons (Fsp3) is 0.611. The van der Waals surface area contributed by atoms with Crippen LogP contribution < -0.4 is 4.90 Å². The van der Waals surface area contributed by atoms with Gasteiger partial charge in [0.15, 0.2) is 0 Å². The minimum Gasteiger partial charge on any atom is -0.312 e. The van der Waals surface area contributed by atoms with Crippen molar-refractivity contribution in [1.82, 2.24) is 0 Å². The van der Waals surface area contributed by atoms with Crippen molar-refractivity contribution in [2.75, 3.05) is 11.4 Å². The number of rotatable bonds is 5. The van der Waals surface area contributed by atoms with E-state index in [1.165, 1.54) is 37.7 Å². The van der Waals surface area contributed by atoms with Gasteiger partial charge in [-0.3, -0.25) is 4.79 Å². The third kappa shape index (κ3) is 3.84. The maximum atomic E-state index is 12.5. The maximum absolute atomic E-state index is 12.5. The molecular formula is C18H27NO. The minimum absolute atomic E-state index is 0.285. The highest BCUT2D eigenvalue weighted by Gasteiger charge is 2.19. The molecule has 1 aliphatic carbocycles. The smallest absolute Gasteiger partial charge is 0.226 e. The number of para-hydroxylation sites is 1. The topological polar surface area (TPSA) is 20.3 Å². The lowest BCUT2D eigenvalue weighted by molar-refractivity contribution is -0.118. The summed E-state index contributed by atoms with van der Waals surface area (Å²) in [6.45, 7) is 4.89. The van der Waals surface area contributed by atoms with Gasteiger partial charge in [0.05, 0.1) is 0 Å². The van der Waals surface area contributed by atoms with Crippen molar-refractivity contribution in [2.24, 2.45) is 5.92 Å². The average Bonchev–Trinajstić information content (AvgIpc) is 2.49. The Bertz CT molecular complexity index is 435. The number of hydrogen-bond donors (Lipinski definition) is 0. The highest BCUT2D eigenvalue weighted by molar-refractivity contribution is 5.94. The second kappa shape index (κ2) is 7.47. The van der Waals surface area contributed by atoms with Crippen LogP contribution in [0.25, 0.3) is 0 Å². The standard InChI is InChI=1S/C18H27NO/c1-3-19(17-12-8-7-9-15(17)2)18(20)14-13-16-10-5-4-6-11-16/h7-9,12,16H,3-6,10-11,13-14H2,1-2H3. The lowest BCUT2D eigenvalue weighted by atomic mass is 9.86. The molecule has 0 N–H and O–H groups in total. The quantitative estimate of drug-likeness (QED) is 0.761. The predicted octanol–water partition coefficient (Wildman–Crippen LogP) is 4.71. The molecule has 0 saturated heterocycles. The molecule has 0 spiro atoms. The molecule has 1 fully saturated rings. The summed E-state index contributed by atoms with van der Waals surface area (Å²) >= 11 is 0. The summed E-state index contributed by atoms with van der Waals surface area (Å²) in [5.41, 5.74) is 2.25. The molecule has 0 aromatic heterocycles. The summed E-state index contributed by atoms with van der Waals surface area (Å²) in [5.74, 6) is 1.07. The highest BCUT2D eigenvalue weighted by atomic mass is 16.2. The number of aryl methyl sites for hydroxylation is 1. The van der Waals surface area contributed by atoms with E-state index in [2.05, 4.69) is 26.0 Å². The first-order valence-corrected chi connectivity index (χ1v) is 8.08. The number of carbonyl (C=O) groups excluding carboxylic acids is 1. The molecule has 1 aromatic rings. The molecule has 0 aliphatic heterocycles. The molecule has 1 aliphatic rings. The Morgan fingerprint density at radius 2 is 1.90 bits per heavy atom. The van der Waals surface area contributed by atoms with Crippen LogP contribution in [0.2, 0.25) is 0 Å². The monoisotopic (exact) mass is 273 g/mol. The second-order valence-corrected chi connectivity index (χ2v) is 5.97. The van der Waals surface area contributed by atoms with Crippen LogP contribution in [0.5, 0.6) is 0 Å². The van der Waals surface area contributed by atoms with Crippen LogP contribution in [0.3, 0.4) is 0 Å². The Labute approximate surface area is 123 Å². The summed E-state index contributed by atoms with van der Waals surface area (Å²) in [4.78, 5) is 14.4. The summed E-state index contributed by atoms with van der Waals surface area (Å²) in [6, 6.07) is 8.17. The van der Waals surface area contributed by atoms with Crippen molar-refractivity contribution >= 4 is 11.6 Å². The highest BCUT2D eigenvalue weighted by Crippen LogP contribution is 2.28. The normalized spacial score (nSPS) is 16.1. The van der Waals surface area contributed by atoms with Crippen LogP contribution in [0, 0.1) is 12.8 Å². The first-order chi connectivity index (χ1) is 9.72. The second-order valence-electron chi connectivity index (χ2n) is 5.97.